The van der Waals surface area contributed by atoms with Crippen molar-refractivity contribution in [1.82, 2.24) is 0 Å². The van der Waals surface area contributed by atoms with E-state index in [-0.39, 0.29) is 23.4 Å². The molecule has 2 aromatic rings. The maximum Gasteiger partial charge on any atom is 0.418 e. The Bertz CT molecular complexity index is 685. The zero-order valence-electron chi connectivity index (χ0n) is 13.7. The molecule has 0 atom stereocenters. The normalized spacial score (nSPS) is 11.4. The quantitative estimate of drug-likeness (QED) is 0.750. The lowest BCUT2D eigenvalue weighted by atomic mass is 9.96. The molecule has 0 aliphatic carbocycles. The third kappa shape index (κ3) is 3.93. The number of nitrogens with two attached hydrogens (primary N) is 1. The van der Waals surface area contributed by atoms with Crippen molar-refractivity contribution in [3.63, 3.8) is 0 Å². The van der Waals surface area contributed by atoms with Crippen molar-refractivity contribution in [3.05, 3.63) is 53.1 Å². The summed E-state index contributed by atoms with van der Waals surface area (Å²) < 4.78 is 46.1. The Morgan fingerprint density at radius 3 is 2.38 bits per heavy atom. The average Bonchev–Trinajstić information content (AvgIpc) is 2.53. The monoisotopic (exact) mass is 338 g/mol. The second-order valence-corrected chi connectivity index (χ2v) is 5.49. The maximum atomic E-state index is 13.6. The molecule has 24 heavy (non-hydrogen) atoms. The highest BCUT2D eigenvalue weighted by atomic mass is 19.4. The maximum absolute atomic E-state index is 13.6. The van der Waals surface area contributed by atoms with E-state index in [9.17, 15) is 13.2 Å². The molecule has 3 N–H and O–H groups in total. The number of alkyl halides is 3. The van der Waals surface area contributed by atoms with E-state index in [2.05, 4.69) is 5.32 Å². The summed E-state index contributed by atoms with van der Waals surface area (Å²) in [7, 11) is 1.42. The molecule has 0 spiro atoms. The van der Waals surface area contributed by atoms with E-state index in [1.807, 2.05) is 13.0 Å². The lowest BCUT2D eigenvalue weighted by molar-refractivity contribution is -0.137. The van der Waals surface area contributed by atoms with Gasteiger partial charge in [-0.2, -0.15) is 13.2 Å². The van der Waals surface area contributed by atoms with Gasteiger partial charge in [0, 0.05) is 6.54 Å². The molecule has 0 aliphatic rings. The van der Waals surface area contributed by atoms with Crippen molar-refractivity contribution in [2.45, 2.75) is 25.9 Å². The number of anilines is 2. The van der Waals surface area contributed by atoms with E-state index in [1.54, 1.807) is 24.3 Å². The molecule has 0 amide bonds. The molecule has 0 bridgehead atoms. The van der Waals surface area contributed by atoms with Crippen LogP contribution in [0.4, 0.5) is 24.5 Å². The fraction of sp³-hybridized carbons (Fsp3) is 0.333. The van der Waals surface area contributed by atoms with Gasteiger partial charge in [-0.05, 0) is 30.0 Å². The van der Waals surface area contributed by atoms with Gasteiger partial charge in [-0.15, -0.1) is 0 Å². The van der Waals surface area contributed by atoms with Gasteiger partial charge in [0.15, 0.2) is 0 Å². The SMILES string of the molecule is CCCNc1c(OC)cc(Cc2ccccc2)c(C(F)(F)F)c1N. The fourth-order valence-electron chi connectivity index (χ4n) is 2.62. The van der Waals surface area contributed by atoms with E-state index in [0.29, 0.717) is 12.3 Å². The summed E-state index contributed by atoms with van der Waals surface area (Å²) in [6.45, 7) is 2.43. The number of hydrogen-bond donors (Lipinski definition) is 2. The van der Waals surface area contributed by atoms with Gasteiger partial charge >= 0.3 is 6.18 Å². The summed E-state index contributed by atoms with van der Waals surface area (Å²) in [6.07, 6.45) is -3.65. The summed E-state index contributed by atoms with van der Waals surface area (Å²) in [4.78, 5) is 0. The van der Waals surface area contributed by atoms with Crippen LogP contribution in [-0.4, -0.2) is 13.7 Å². The van der Waals surface area contributed by atoms with E-state index in [0.717, 1.165) is 12.0 Å². The molecule has 0 radical (unpaired) electrons. The first-order valence-electron chi connectivity index (χ1n) is 7.72. The molecule has 2 rings (SSSR count). The van der Waals surface area contributed by atoms with Crippen molar-refractivity contribution >= 4 is 11.4 Å². The number of nitrogen functional groups attached to an aromatic ring is 1. The predicted octanol–water partition coefficient (Wildman–Crippen LogP) is 4.71. The number of ether oxygens (including phenoxy) is 1. The largest absolute Gasteiger partial charge is 0.494 e. The number of halogens is 3. The zero-order chi connectivity index (χ0) is 17.7. The first kappa shape index (κ1) is 18.0. The summed E-state index contributed by atoms with van der Waals surface area (Å²) in [6, 6.07) is 10.4. The Hall–Kier alpha value is -2.37. The van der Waals surface area contributed by atoms with Crippen LogP contribution in [0.3, 0.4) is 0 Å². The van der Waals surface area contributed by atoms with Gasteiger partial charge in [-0.3, -0.25) is 0 Å². The topological polar surface area (TPSA) is 47.3 Å². The van der Waals surface area contributed by atoms with Crippen molar-refractivity contribution in [2.24, 2.45) is 0 Å². The molecule has 0 unspecified atom stereocenters. The summed E-state index contributed by atoms with van der Waals surface area (Å²) in [5.41, 5.74) is 5.84. The molecule has 2 aromatic carbocycles. The molecule has 0 aliphatic heterocycles. The molecule has 3 nitrogen and oxygen atoms in total. The first-order chi connectivity index (χ1) is 11.4. The van der Waals surface area contributed by atoms with Gasteiger partial charge in [-0.1, -0.05) is 37.3 Å². The summed E-state index contributed by atoms with van der Waals surface area (Å²) in [5.74, 6) is 0.319. The minimum absolute atomic E-state index is 0.102. The smallest absolute Gasteiger partial charge is 0.418 e. The number of nitrogens with one attached hydrogen (secondary N) is 1. The van der Waals surface area contributed by atoms with E-state index in [1.165, 1.54) is 13.2 Å². The highest BCUT2D eigenvalue weighted by Gasteiger charge is 2.37. The molecule has 0 heterocycles. The second kappa shape index (κ2) is 7.47. The van der Waals surface area contributed by atoms with Gasteiger partial charge in [0.2, 0.25) is 0 Å². The van der Waals surface area contributed by atoms with Crippen LogP contribution in [0.2, 0.25) is 0 Å². The lowest BCUT2D eigenvalue weighted by Gasteiger charge is -2.21. The Balaban J connectivity index is 2.58. The summed E-state index contributed by atoms with van der Waals surface area (Å²) in [5, 5.41) is 2.94. The van der Waals surface area contributed by atoms with Crippen LogP contribution in [0.25, 0.3) is 0 Å². The fourth-order valence-corrected chi connectivity index (χ4v) is 2.62. The van der Waals surface area contributed by atoms with E-state index >= 15 is 0 Å². The molecule has 0 saturated heterocycles. The van der Waals surface area contributed by atoms with Crippen LogP contribution in [0.15, 0.2) is 36.4 Å². The minimum Gasteiger partial charge on any atom is -0.494 e. The highest BCUT2D eigenvalue weighted by molar-refractivity contribution is 5.79. The molecular formula is C18H21F3N2O. The van der Waals surface area contributed by atoms with Crippen molar-refractivity contribution in [3.8, 4) is 5.75 Å². The van der Waals surface area contributed by atoms with Crippen LogP contribution < -0.4 is 15.8 Å². The average molecular weight is 338 g/mol. The van der Waals surface area contributed by atoms with Gasteiger partial charge in [0.1, 0.15) is 11.4 Å². The van der Waals surface area contributed by atoms with Crippen LogP contribution >= 0.6 is 0 Å². The van der Waals surface area contributed by atoms with Gasteiger partial charge in [0.25, 0.3) is 0 Å². The van der Waals surface area contributed by atoms with Gasteiger partial charge < -0.3 is 15.8 Å². The highest BCUT2D eigenvalue weighted by Crippen LogP contribution is 2.44. The third-order valence-corrected chi connectivity index (χ3v) is 3.70. The molecular weight excluding hydrogens is 317 g/mol. The zero-order valence-corrected chi connectivity index (χ0v) is 13.7. The first-order valence-corrected chi connectivity index (χ1v) is 7.72. The Kier molecular flexibility index (Phi) is 5.59. The van der Waals surface area contributed by atoms with Gasteiger partial charge in [-0.25, -0.2) is 0 Å². The molecule has 6 heteroatoms. The van der Waals surface area contributed by atoms with Crippen molar-refractivity contribution < 1.29 is 17.9 Å². The lowest BCUT2D eigenvalue weighted by Crippen LogP contribution is -2.16. The van der Waals surface area contributed by atoms with Crippen LogP contribution in [0.1, 0.15) is 30.0 Å². The van der Waals surface area contributed by atoms with Crippen molar-refractivity contribution in [1.29, 1.82) is 0 Å². The molecule has 130 valence electrons. The molecule has 0 saturated carbocycles. The number of benzene rings is 2. The standard InChI is InChI=1S/C18H21F3N2O/c1-3-9-23-17-14(24-2)11-13(10-12-7-5-4-6-8-12)15(16(17)22)18(19,20)21/h4-8,11,23H,3,9-10,22H2,1-2H3. The number of methoxy groups -OCH3 is 1. The molecule has 0 aromatic heterocycles. The minimum atomic E-state index is -4.54. The van der Waals surface area contributed by atoms with E-state index < -0.39 is 11.7 Å². The molecule has 0 fully saturated rings. The Morgan fingerprint density at radius 2 is 1.83 bits per heavy atom. The number of rotatable bonds is 6. The van der Waals surface area contributed by atoms with Gasteiger partial charge in [0.05, 0.1) is 18.4 Å². The second-order valence-electron chi connectivity index (χ2n) is 5.49. The van der Waals surface area contributed by atoms with Crippen LogP contribution in [-0.2, 0) is 12.6 Å². The Labute approximate surface area is 139 Å². The summed E-state index contributed by atoms with van der Waals surface area (Å²) >= 11 is 0. The predicted molar refractivity (Wildman–Crippen MR) is 90.4 cm³/mol. The Morgan fingerprint density at radius 1 is 1.17 bits per heavy atom. The third-order valence-electron chi connectivity index (χ3n) is 3.70. The number of hydrogen-bond acceptors (Lipinski definition) is 3. The van der Waals surface area contributed by atoms with Crippen LogP contribution in [0.5, 0.6) is 5.75 Å². The van der Waals surface area contributed by atoms with Crippen LogP contribution in [0, 0.1) is 0 Å². The van der Waals surface area contributed by atoms with E-state index in [4.69, 9.17) is 10.5 Å². The van der Waals surface area contributed by atoms with Crippen molar-refractivity contribution in [2.75, 3.05) is 24.7 Å².